The maximum atomic E-state index is 10.5. The van der Waals surface area contributed by atoms with E-state index in [0.29, 0.717) is 17.6 Å². The topological polar surface area (TPSA) is 49.7 Å². The highest BCUT2D eigenvalue weighted by Gasteiger charge is 2.14. The standard InChI is InChI=1S/C21H24O3/c1-17(16-24-19-10-6-3-7-11-19)20(14-15-22)21(23)13-12-18-8-4-2-5-9-18/h2-11,14,21-23H,1,12-13,15-16H2/b20-14-. The van der Waals surface area contributed by atoms with E-state index < -0.39 is 6.10 Å². The van der Waals surface area contributed by atoms with E-state index in [1.54, 1.807) is 6.08 Å². The summed E-state index contributed by atoms with van der Waals surface area (Å²) < 4.78 is 5.67. The van der Waals surface area contributed by atoms with Gasteiger partial charge in [0.2, 0.25) is 0 Å². The molecule has 1 atom stereocenters. The van der Waals surface area contributed by atoms with Crippen LogP contribution in [0.2, 0.25) is 0 Å². The summed E-state index contributed by atoms with van der Waals surface area (Å²) in [6.45, 7) is 4.14. The number of hydrogen-bond donors (Lipinski definition) is 2. The van der Waals surface area contributed by atoms with Gasteiger partial charge in [0.1, 0.15) is 12.4 Å². The van der Waals surface area contributed by atoms with Gasteiger partial charge in [0, 0.05) is 0 Å². The molecule has 1 unspecified atom stereocenters. The summed E-state index contributed by atoms with van der Waals surface area (Å²) in [4.78, 5) is 0. The third kappa shape index (κ3) is 5.69. The molecular formula is C21H24O3. The van der Waals surface area contributed by atoms with Gasteiger partial charge in [-0.15, -0.1) is 0 Å². The highest BCUT2D eigenvalue weighted by molar-refractivity contribution is 5.34. The van der Waals surface area contributed by atoms with Crippen molar-refractivity contribution in [3.05, 3.63) is 90.0 Å². The van der Waals surface area contributed by atoms with Crippen molar-refractivity contribution in [2.24, 2.45) is 0 Å². The maximum absolute atomic E-state index is 10.5. The Morgan fingerprint density at radius 1 is 1.04 bits per heavy atom. The first-order chi connectivity index (χ1) is 11.7. The molecule has 0 radical (unpaired) electrons. The summed E-state index contributed by atoms with van der Waals surface area (Å²) in [5, 5.41) is 19.7. The van der Waals surface area contributed by atoms with E-state index in [9.17, 15) is 10.2 Å². The number of benzene rings is 2. The van der Waals surface area contributed by atoms with Crippen LogP contribution in [0.4, 0.5) is 0 Å². The Morgan fingerprint density at radius 3 is 2.29 bits per heavy atom. The van der Waals surface area contributed by atoms with Crippen LogP contribution in [0.3, 0.4) is 0 Å². The highest BCUT2D eigenvalue weighted by Crippen LogP contribution is 2.19. The Kier molecular flexibility index (Phi) is 7.27. The average Bonchev–Trinajstić information content (AvgIpc) is 2.64. The Labute approximate surface area is 143 Å². The van der Waals surface area contributed by atoms with Crippen molar-refractivity contribution in [3.8, 4) is 5.75 Å². The molecule has 0 saturated carbocycles. The monoisotopic (exact) mass is 324 g/mol. The number of hydrogen-bond acceptors (Lipinski definition) is 3. The fourth-order valence-electron chi connectivity index (χ4n) is 2.49. The predicted molar refractivity (Wildman–Crippen MR) is 97.0 cm³/mol. The van der Waals surface area contributed by atoms with Crippen LogP contribution in [0.5, 0.6) is 5.75 Å². The molecule has 0 aromatic heterocycles. The Hall–Kier alpha value is -2.36. The third-order valence-corrected chi connectivity index (χ3v) is 3.78. The second-order valence-corrected chi connectivity index (χ2v) is 5.59. The van der Waals surface area contributed by atoms with Gasteiger partial charge in [-0.2, -0.15) is 0 Å². The first kappa shape index (κ1) is 18.0. The molecule has 0 spiro atoms. The van der Waals surface area contributed by atoms with Crippen LogP contribution in [-0.2, 0) is 6.42 Å². The smallest absolute Gasteiger partial charge is 0.119 e. The summed E-state index contributed by atoms with van der Waals surface area (Å²) in [6, 6.07) is 19.5. The molecule has 2 aromatic carbocycles. The molecule has 0 bridgehead atoms. The summed E-state index contributed by atoms with van der Waals surface area (Å²) >= 11 is 0. The van der Waals surface area contributed by atoms with Gasteiger partial charge in [-0.3, -0.25) is 0 Å². The molecule has 0 saturated heterocycles. The lowest BCUT2D eigenvalue weighted by atomic mass is 9.96. The fourth-order valence-corrected chi connectivity index (χ4v) is 2.49. The number of rotatable bonds is 9. The van der Waals surface area contributed by atoms with Gasteiger partial charge in [-0.25, -0.2) is 0 Å². The lowest BCUT2D eigenvalue weighted by Gasteiger charge is -2.18. The summed E-state index contributed by atoms with van der Waals surface area (Å²) in [7, 11) is 0. The van der Waals surface area contributed by atoms with Crippen LogP contribution in [0.15, 0.2) is 84.5 Å². The van der Waals surface area contributed by atoms with Gasteiger partial charge in [0.25, 0.3) is 0 Å². The molecule has 2 aromatic rings. The van der Waals surface area contributed by atoms with Gasteiger partial charge in [0.05, 0.1) is 12.7 Å². The van der Waals surface area contributed by atoms with E-state index in [-0.39, 0.29) is 13.2 Å². The van der Waals surface area contributed by atoms with Crippen LogP contribution < -0.4 is 4.74 Å². The molecule has 2 rings (SSSR count). The van der Waals surface area contributed by atoms with E-state index in [1.165, 1.54) is 5.56 Å². The highest BCUT2D eigenvalue weighted by atomic mass is 16.5. The third-order valence-electron chi connectivity index (χ3n) is 3.78. The Balaban J connectivity index is 1.92. The Bertz CT molecular complexity index is 647. The van der Waals surface area contributed by atoms with Crippen LogP contribution in [0.1, 0.15) is 12.0 Å². The minimum atomic E-state index is -0.677. The molecule has 0 fully saturated rings. The molecule has 0 aliphatic heterocycles. The zero-order valence-corrected chi connectivity index (χ0v) is 13.8. The zero-order valence-electron chi connectivity index (χ0n) is 13.8. The number of aliphatic hydroxyl groups is 2. The van der Waals surface area contributed by atoms with Crippen molar-refractivity contribution in [3.63, 3.8) is 0 Å². The molecule has 0 aliphatic rings. The van der Waals surface area contributed by atoms with E-state index in [0.717, 1.165) is 12.2 Å². The predicted octanol–water partition coefficient (Wildman–Crippen LogP) is 3.53. The number of aliphatic hydroxyl groups excluding tert-OH is 2. The zero-order chi connectivity index (χ0) is 17.2. The van der Waals surface area contributed by atoms with Crippen LogP contribution >= 0.6 is 0 Å². The minimum Gasteiger partial charge on any atom is -0.489 e. The van der Waals surface area contributed by atoms with Crippen molar-refractivity contribution in [1.29, 1.82) is 0 Å². The average molecular weight is 324 g/mol. The summed E-state index contributed by atoms with van der Waals surface area (Å²) in [5.74, 6) is 0.751. The summed E-state index contributed by atoms with van der Waals surface area (Å²) in [6.07, 6.45) is 2.26. The van der Waals surface area contributed by atoms with Crippen LogP contribution in [-0.4, -0.2) is 29.5 Å². The SMILES string of the molecule is C=C(COc1ccccc1)/C(=C/CO)C(O)CCc1ccccc1. The maximum Gasteiger partial charge on any atom is 0.119 e. The Morgan fingerprint density at radius 2 is 1.67 bits per heavy atom. The van der Waals surface area contributed by atoms with E-state index in [4.69, 9.17) is 4.74 Å². The molecule has 3 nitrogen and oxygen atoms in total. The number of aryl methyl sites for hydroxylation is 1. The molecule has 0 amide bonds. The van der Waals surface area contributed by atoms with Crippen molar-refractivity contribution in [2.75, 3.05) is 13.2 Å². The molecule has 126 valence electrons. The van der Waals surface area contributed by atoms with E-state index in [2.05, 4.69) is 6.58 Å². The first-order valence-corrected chi connectivity index (χ1v) is 8.09. The van der Waals surface area contributed by atoms with Crippen molar-refractivity contribution < 1.29 is 14.9 Å². The lowest BCUT2D eigenvalue weighted by Crippen LogP contribution is -2.17. The van der Waals surface area contributed by atoms with E-state index in [1.807, 2.05) is 60.7 Å². The molecule has 3 heteroatoms. The van der Waals surface area contributed by atoms with Crippen molar-refractivity contribution >= 4 is 0 Å². The molecule has 0 heterocycles. The molecule has 24 heavy (non-hydrogen) atoms. The summed E-state index contributed by atoms with van der Waals surface area (Å²) in [5.41, 5.74) is 2.49. The largest absolute Gasteiger partial charge is 0.489 e. The van der Waals surface area contributed by atoms with Crippen molar-refractivity contribution in [2.45, 2.75) is 18.9 Å². The van der Waals surface area contributed by atoms with E-state index >= 15 is 0 Å². The quantitative estimate of drug-likeness (QED) is 0.694. The van der Waals surface area contributed by atoms with Gasteiger partial charge in [-0.05, 0) is 41.7 Å². The van der Waals surface area contributed by atoms with Gasteiger partial charge < -0.3 is 14.9 Å². The van der Waals surface area contributed by atoms with Gasteiger partial charge >= 0.3 is 0 Å². The second-order valence-electron chi connectivity index (χ2n) is 5.59. The number of para-hydroxylation sites is 1. The molecule has 2 N–H and O–H groups in total. The second kappa shape index (κ2) is 9.71. The number of ether oxygens (including phenoxy) is 1. The molecule has 0 aliphatic carbocycles. The van der Waals surface area contributed by atoms with Crippen LogP contribution in [0, 0.1) is 0 Å². The minimum absolute atomic E-state index is 0.137. The van der Waals surface area contributed by atoms with Crippen molar-refractivity contribution in [1.82, 2.24) is 0 Å². The lowest BCUT2D eigenvalue weighted by molar-refractivity contribution is 0.198. The fraction of sp³-hybridized carbons (Fsp3) is 0.238. The molecular weight excluding hydrogens is 300 g/mol. The normalized spacial score (nSPS) is 12.7. The van der Waals surface area contributed by atoms with Gasteiger partial charge in [0.15, 0.2) is 0 Å². The van der Waals surface area contributed by atoms with Crippen LogP contribution in [0.25, 0.3) is 0 Å². The first-order valence-electron chi connectivity index (χ1n) is 8.09. The van der Waals surface area contributed by atoms with Gasteiger partial charge in [-0.1, -0.05) is 61.2 Å².